The number of likely N-dealkylation sites (tertiary alicyclic amines) is 1. The molecule has 0 spiro atoms. The van der Waals surface area contributed by atoms with Gasteiger partial charge in [-0.15, -0.1) is 0 Å². The zero-order chi connectivity index (χ0) is 15.6. The second-order valence-electron chi connectivity index (χ2n) is 6.42. The van der Waals surface area contributed by atoms with E-state index in [0.717, 1.165) is 38.8 Å². The standard InChI is InChI=1S/C16H25N3O3/c1-22-16-6-5-13(20)12-14(16)19(11-7-16)15(21)4-2-9-18-10-3-8-17-18/h3,8,10,13-14,20H,2,4-7,9,11-12H2,1H3/t13-,14+,16-/m0/s1. The third-order valence-electron chi connectivity index (χ3n) is 5.22. The van der Waals surface area contributed by atoms with E-state index in [2.05, 4.69) is 5.10 Å². The van der Waals surface area contributed by atoms with E-state index in [9.17, 15) is 9.90 Å². The van der Waals surface area contributed by atoms with Crippen LogP contribution in [0.4, 0.5) is 0 Å². The fourth-order valence-corrected chi connectivity index (χ4v) is 3.94. The molecule has 0 unspecified atom stereocenters. The summed E-state index contributed by atoms with van der Waals surface area (Å²) in [5, 5.41) is 14.1. The number of aliphatic hydroxyl groups is 1. The molecule has 122 valence electrons. The van der Waals surface area contributed by atoms with Crippen molar-refractivity contribution in [2.75, 3.05) is 13.7 Å². The summed E-state index contributed by atoms with van der Waals surface area (Å²) < 4.78 is 7.62. The van der Waals surface area contributed by atoms with Gasteiger partial charge in [-0.3, -0.25) is 9.48 Å². The average Bonchev–Trinajstić information content (AvgIpc) is 3.15. The Hall–Kier alpha value is -1.40. The van der Waals surface area contributed by atoms with Gasteiger partial charge in [-0.25, -0.2) is 0 Å². The lowest BCUT2D eigenvalue weighted by atomic mass is 9.79. The minimum absolute atomic E-state index is 0.0263. The number of aromatic nitrogens is 2. The molecule has 1 aliphatic heterocycles. The monoisotopic (exact) mass is 307 g/mol. The molecule has 0 radical (unpaired) electrons. The fourth-order valence-electron chi connectivity index (χ4n) is 3.94. The molecule has 1 N–H and O–H groups in total. The number of aliphatic hydroxyl groups excluding tert-OH is 1. The number of ether oxygens (including phenoxy) is 1. The number of fused-ring (bicyclic) bond motifs is 1. The maximum atomic E-state index is 12.6. The SMILES string of the molecule is CO[C@]12CC[C@H](O)C[C@H]1N(C(=O)CCCn1cccn1)CC2. The summed E-state index contributed by atoms with van der Waals surface area (Å²) >= 11 is 0. The number of amides is 1. The van der Waals surface area contributed by atoms with E-state index >= 15 is 0 Å². The van der Waals surface area contributed by atoms with Crippen LogP contribution in [0, 0.1) is 0 Å². The van der Waals surface area contributed by atoms with Crippen LogP contribution in [-0.2, 0) is 16.1 Å². The van der Waals surface area contributed by atoms with Gasteiger partial charge in [-0.05, 0) is 38.2 Å². The molecular weight excluding hydrogens is 282 g/mol. The first kappa shape index (κ1) is 15.5. The van der Waals surface area contributed by atoms with Gasteiger partial charge in [0.05, 0.1) is 17.7 Å². The third kappa shape index (κ3) is 2.90. The molecule has 3 atom stereocenters. The Labute approximate surface area is 131 Å². The highest BCUT2D eigenvalue weighted by Gasteiger charge is 2.52. The third-order valence-corrected chi connectivity index (χ3v) is 5.22. The number of nitrogens with zero attached hydrogens (tertiary/aromatic N) is 3. The van der Waals surface area contributed by atoms with Crippen LogP contribution in [0.25, 0.3) is 0 Å². The molecule has 1 amide bonds. The van der Waals surface area contributed by atoms with Crippen molar-refractivity contribution >= 4 is 5.91 Å². The first-order valence-corrected chi connectivity index (χ1v) is 8.15. The highest BCUT2D eigenvalue weighted by molar-refractivity contribution is 5.77. The van der Waals surface area contributed by atoms with Gasteiger partial charge in [0, 0.05) is 39.0 Å². The van der Waals surface area contributed by atoms with Crippen LogP contribution in [-0.4, -0.2) is 57.1 Å². The van der Waals surface area contributed by atoms with E-state index in [-0.39, 0.29) is 23.7 Å². The van der Waals surface area contributed by atoms with Crippen LogP contribution in [0.5, 0.6) is 0 Å². The van der Waals surface area contributed by atoms with Gasteiger partial charge in [0.2, 0.25) is 5.91 Å². The number of carbonyl (C=O) groups is 1. The molecule has 1 aromatic heterocycles. The van der Waals surface area contributed by atoms with Crippen LogP contribution >= 0.6 is 0 Å². The number of hydrogen-bond acceptors (Lipinski definition) is 4. The minimum atomic E-state index is -0.314. The van der Waals surface area contributed by atoms with Gasteiger partial charge in [-0.2, -0.15) is 5.10 Å². The Kier molecular flexibility index (Phi) is 4.49. The Morgan fingerprint density at radius 2 is 2.36 bits per heavy atom. The summed E-state index contributed by atoms with van der Waals surface area (Å²) in [7, 11) is 1.73. The van der Waals surface area contributed by atoms with Crippen LogP contribution < -0.4 is 0 Å². The predicted octanol–water partition coefficient (Wildman–Crippen LogP) is 1.19. The summed E-state index contributed by atoms with van der Waals surface area (Å²) in [4.78, 5) is 14.5. The molecule has 3 rings (SSSR count). The van der Waals surface area contributed by atoms with Crippen LogP contribution in [0.2, 0.25) is 0 Å². The molecule has 0 bridgehead atoms. The lowest BCUT2D eigenvalue weighted by Crippen LogP contribution is -2.52. The van der Waals surface area contributed by atoms with E-state index in [4.69, 9.17) is 4.74 Å². The van der Waals surface area contributed by atoms with Crippen molar-refractivity contribution in [1.29, 1.82) is 0 Å². The maximum Gasteiger partial charge on any atom is 0.222 e. The van der Waals surface area contributed by atoms with Crippen molar-refractivity contribution in [1.82, 2.24) is 14.7 Å². The van der Waals surface area contributed by atoms with Crippen LogP contribution in [0.3, 0.4) is 0 Å². The van der Waals surface area contributed by atoms with Crippen molar-refractivity contribution in [2.45, 2.75) is 62.8 Å². The van der Waals surface area contributed by atoms with Crippen molar-refractivity contribution in [3.8, 4) is 0 Å². The zero-order valence-corrected chi connectivity index (χ0v) is 13.1. The van der Waals surface area contributed by atoms with E-state index < -0.39 is 0 Å². The van der Waals surface area contributed by atoms with E-state index in [0.29, 0.717) is 12.8 Å². The quantitative estimate of drug-likeness (QED) is 0.887. The lowest BCUT2D eigenvalue weighted by molar-refractivity contribution is -0.140. The number of aryl methyl sites for hydroxylation is 1. The normalized spacial score (nSPS) is 31.3. The largest absolute Gasteiger partial charge is 0.393 e. The number of carbonyl (C=O) groups excluding carboxylic acids is 1. The van der Waals surface area contributed by atoms with E-state index in [1.807, 2.05) is 21.8 Å². The fraction of sp³-hybridized carbons (Fsp3) is 0.750. The minimum Gasteiger partial charge on any atom is -0.393 e. The average molecular weight is 307 g/mol. The summed E-state index contributed by atoms with van der Waals surface area (Å²) in [5.74, 6) is 0.171. The Balaban J connectivity index is 1.58. The predicted molar refractivity (Wildman–Crippen MR) is 81.2 cm³/mol. The summed E-state index contributed by atoms with van der Waals surface area (Å²) in [6.07, 6.45) is 7.78. The number of methoxy groups -OCH3 is 1. The van der Waals surface area contributed by atoms with Gasteiger partial charge < -0.3 is 14.7 Å². The first-order chi connectivity index (χ1) is 10.6. The maximum absolute atomic E-state index is 12.6. The van der Waals surface area contributed by atoms with Crippen LogP contribution in [0.1, 0.15) is 38.5 Å². The summed E-state index contributed by atoms with van der Waals surface area (Å²) in [6, 6.07) is 1.91. The highest BCUT2D eigenvalue weighted by atomic mass is 16.5. The lowest BCUT2D eigenvalue weighted by Gasteiger charge is -2.42. The van der Waals surface area contributed by atoms with Crippen LogP contribution in [0.15, 0.2) is 18.5 Å². The summed E-state index contributed by atoms with van der Waals surface area (Å²) in [6.45, 7) is 1.50. The molecule has 1 aliphatic carbocycles. The van der Waals surface area contributed by atoms with Crippen molar-refractivity contribution in [2.24, 2.45) is 0 Å². The Bertz CT molecular complexity index is 505. The van der Waals surface area contributed by atoms with Gasteiger partial charge >= 0.3 is 0 Å². The van der Waals surface area contributed by atoms with Gasteiger partial charge in [0.15, 0.2) is 0 Å². The number of rotatable bonds is 5. The molecule has 2 fully saturated rings. The molecular formula is C16H25N3O3. The molecule has 2 aliphatic rings. The molecule has 22 heavy (non-hydrogen) atoms. The zero-order valence-electron chi connectivity index (χ0n) is 13.1. The topological polar surface area (TPSA) is 67.6 Å². The number of hydrogen-bond donors (Lipinski definition) is 1. The molecule has 0 aromatic carbocycles. The van der Waals surface area contributed by atoms with Gasteiger partial charge in [0.1, 0.15) is 0 Å². The second kappa shape index (κ2) is 6.38. The molecule has 1 saturated heterocycles. The van der Waals surface area contributed by atoms with Crippen molar-refractivity contribution in [3.05, 3.63) is 18.5 Å². The molecule has 2 heterocycles. The van der Waals surface area contributed by atoms with Gasteiger partial charge in [-0.1, -0.05) is 0 Å². The molecule has 6 heteroatoms. The Morgan fingerprint density at radius 1 is 1.50 bits per heavy atom. The molecule has 1 aromatic rings. The van der Waals surface area contributed by atoms with E-state index in [1.54, 1.807) is 13.3 Å². The van der Waals surface area contributed by atoms with Crippen molar-refractivity contribution < 1.29 is 14.6 Å². The summed E-state index contributed by atoms with van der Waals surface area (Å²) in [5.41, 5.74) is -0.239. The van der Waals surface area contributed by atoms with Gasteiger partial charge in [0.25, 0.3) is 0 Å². The first-order valence-electron chi connectivity index (χ1n) is 8.15. The second-order valence-corrected chi connectivity index (χ2v) is 6.42. The molecule has 6 nitrogen and oxygen atoms in total. The Morgan fingerprint density at radius 3 is 3.09 bits per heavy atom. The van der Waals surface area contributed by atoms with Crippen molar-refractivity contribution in [3.63, 3.8) is 0 Å². The smallest absolute Gasteiger partial charge is 0.222 e. The molecule has 1 saturated carbocycles. The highest BCUT2D eigenvalue weighted by Crippen LogP contribution is 2.42. The van der Waals surface area contributed by atoms with E-state index in [1.165, 1.54) is 0 Å².